The van der Waals surface area contributed by atoms with Crippen molar-refractivity contribution in [2.45, 2.75) is 13.2 Å². The maximum atomic E-state index is 11.6. The summed E-state index contributed by atoms with van der Waals surface area (Å²) in [5.74, 6) is -0.422. The van der Waals surface area contributed by atoms with Crippen molar-refractivity contribution in [1.82, 2.24) is 5.32 Å². The van der Waals surface area contributed by atoms with Gasteiger partial charge in [0.2, 0.25) is 0 Å². The second-order valence-corrected chi connectivity index (χ2v) is 6.90. The first-order chi connectivity index (χ1) is 13.5. The molecule has 0 saturated heterocycles. The van der Waals surface area contributed by atoms with Crippen LogP contribution in [-0.2, 0) is 13.2 Å². The van der Waals surface area contributed by atoms with Gasteiger partial charge >= 0.3 is 5.97 Å². The van der Waals surface area contributed by atoms with Crippen molar-refractivity contribution >= 4 is 23.5 Å². The molecule has 4 rings (SSSR count). The summed E-state index contributed by atoms with van der Waals surface area (Å²) in [7, 11) is 0. The molecule has 6 heteroatoms. The molecular formula is C22H16ClNO4. The molecule has 0 bridgehead atoms. The summed E-state index contributed by atoms with van der Waals surface area (Å²) in [6, 6.07) is 18.1. The molecule has 0 radical (unpaired) electrons. The molecule has 1 aliphatic rings. The van der Waals surface area contributed by atoms with Gasteiger partial charge in [-0.05, 0) is 58.7 Å². The number of rotatable bonds is 5. The minimum atomic E-state index is -1.06. The zero-order valence-electron chi connectivity index (χ0n) is 14.7. The maximum absolute atomic E-state index is 11.6. The summed E-state index contributed by atoms with van der Waals surface area (Å²) in [6.07, 6.45) is 0. The highest BCUT2D eigenvalue weighted by atomic mass is 35.5. The Morgan fingerprint density at radius 2 is 1.89 bits per heavy atom. The van der Waals surface area contributed by atoms with E-state index in [1.165, 1.54) is 0 Å². The molecule has 1 heterocycles. The van der Waals surface area contributed by atoms with E-state index < -0.39 is 5.97 Å². The van der Waals surface area contributed by atoms with E-state index in [1.54, 1.807) is 30.3 Å². The van der Waals surface area contributed by atoms with Gasteiger partial charge in [0.05, 0.1) is 10.6 Å². The van der Waals surface area contributed by atoms with Crippen LogP contribution in [0.15, 0.2) is 60.7 Å². The van der Waals surface area contributed by atoms with Crippen molar-refractivity contribution in [3.05, 3.63) is 87.9 Å². The summed E-state index contributed by atoms with van der Waals surface area (Å²) in [6.45, 7) is 0.872. The summed E-state index contributed by atoms with van der Waals surface area (Å²) >= 11 is 5.95. The normalized spacial score (nSPS) is 12.4. The molecule has 0 fully saturated rings. The average Bonchev–Trinajstić information content (AvgIpc) is 3.07. The quantitative estimate of drug-likeness (QED) is 0.667. The molecule has 5 nitrogen and oxygen atoms in total. The number of fused-ring (bicyclic) bond motifs is 1. The van der Waals surface area contributed by atoms with Crippen LogP contribution in [-0.4, -0.2) is 17.0 Å². The van der Waals surface area contributed by atoms with E-state index in [-0.39, 0.29) is 16.5 Å². The molecule has 0 aliphatic carbocycles. The fourth-order valence-electron chi connectivity index (χ4n) is 3.17. The Bertz CT molecular complexity index is 1090. The lowest BCUT2D eigenvalue weighted by atomic mass is 10.0. The number of halogens is 1. The third kappa shape index (κ3) is 3.57. The van der Waals surface area contributed by atoms with Crippen LogP contribution < -0.4 is 10.1 Å². The first-order valence-electron chi connectivity index (χ1n) is 8.67. The lowest BCUT2D eigenvalue weighted by molar-refractivity contribution is 0.0697. The van der Waals surface area contributed by atoms with Crippen molar-refractivity contribution in [2.75, 3.05) is 0 Å². The number of hydrogen-bond acceptors (Lipinski definition) is 3. The topological polar surface area (TPSA) is 75.6 Å². The minimum Gasteiger partial charge on any atom is -0.489 e. The van der Waals surface area contributed by atoms with E-state index in [9.17, 15) is 14.7 Å². The van der Waals surface area contributed by atoms with Gasteiger partial charge in [-0.1, -0.05) is 35.9 Å². The summed E-state index contributed by atoms with van der Waals surface area (Å²) < 4.78 is 5.87. The van der Waals surface area contributed by atoms with E-state index in [0.717, 1.165) is 22.3 Å². The molecule has 0 spiro atoms. The summed E-state index contributed by atoms with van der Waals surface area (Å²) in [4.78, 5) is 22.9. The number of nitrogens with one attached hydrogen (secondary N) is 1. The van der Waals surface area contributed by atoms with E-state index in [0.29, 0.717) is 24.5 Å². The van der Waals surface area contributed by atoms with Crippen LogP contribution in [0.1, 0.15) is 31.8 Å². The molecule has 0 aromatic heterocycles. The standard InChI is InChI=1S/C22H16ClNO4/c23-20-7-4-15(10-19(20)22(26)27)14-3-1-2-13(8-14)12-28-17-5-6-18-16(9-17)11-24-21(18)25/h1-10H,11-12H2,(H,24,25)(H,26,27). The third-order valence-corrected chi connectivity index (χ3v) is 4.95. The highest BCUT2D eigenvalue weighted by Gasteiger charge is 2.18. The number of aromatic carboxylic acids is 1. The van der Waals surface area contributed by atoms with Crippen LogP contribution >= 0.6 is 11.6 Å². The zero-order chi connectivity index (χ0) is 19.7. The van der Waals surface area contributed by atoms with Crippen LogP contribution in [0, 0.1) is 0 Å². The van der Waals surface area contributed by atoms with Gasteiger partial charge < -0.3 is 15.2 Å². The fourth-order valence-corrected chi connectivity index (χ4v) is 3.37. The number of hydrogen-bond donors (Lipinski definition) is 2. The Hall–Kier alpha value is -3.31. The number of amides is 1. The molecule has 28 heavy (non-hydrogen) atoms. The lowest BCUT2D eigenvalue weighted by Crippen LogP contribution is -2.12. The number of benzene rings is 3. The van der Waals surface area contributed by atoms with Crippen molar-refractivity contribution in [3.8, 4) is 16.9 Å². The van der Waals surface area contributed by atoms with Crippen molar-refractivity contribution in [3.63, 3.8) is 0 Å². The van der Waals surface area contributed by atoms with Gasteiger partial charge in [-0.25, -0.2) is 4.79 Å². The molecule has 0 unspecified atom stereocenters. The minimum absolute atomic E-state index is 0.0575. The molecule has 3 aromatic rings. The van der Waals surface area contributed by atoms with Gasteiger partial charge in [-0.15, -0.1) is 0 Å². The number of carboxylic acids is 1. The summed E-state index contributed by atoms with van der Waals surface area (Å²) in [5, 5.41) is 12.2. The van der Waals surface area contributed by atoms with Crippen LogP contribution in [0.2, 0.25) is 5.02 Å². The number of carboxylic acid groups (broad SMARTS) is 1. The highest BCUT2D eigenvalue weighted by Crippen LogP contribution is 2.27. The smallest absolute Gasteiger partial charge is 0.337 e. The molecule has 2 N–H and O–H groups in total. The van der Waals surface area contributed by atoms with E-state index in [2.05, 4.69) is 5.32 Å². The largest absolute Gasteiger partial charge is 0.489 e. The molecule has 0 saturated carbocycles. The molecule has 1 aliphatic heterocycles. The van der Waals surface area contributed by atoms with E-state index >= 15 is 0 Å². The molecule has 140 valence electrons. The number of carbonyl (C=O) groups is 2. The number of carbonyl (C=O) groups excluding carboxylic acids is 1. The van der Waals surface area contributed by atoms with Gasteiger partial charge in [-0.3, -0.25) is 4.79 Å². The first kappa shape index (κ1) is 18.1. The predicted octanol–water partition coefficient (Wildman–Crippen LogP) is 4.53. The van der Waals surface area contributed by atoms with Crippen LogP contribution in [0.25, 0.3) is 11.1 Å². The Balaban J connectivity index is 1.53. The van der Waals surface area contributed by atoms with Crippen LogP contribution in [0.4, 0.5) is 0 Å². The highest BCUT2D eigenvalue weighted by molar-refractivity contribution is 6.33. The summed E-state index contributed by atoms with van der Waals surface area (Å²) in [5.41, 5.74) is 4.28. The van der Waals surface area contributed by atoms with Crippen LogP contribution in [0.3, 0.4) is 0 Å². The van der Waals surface area contributed by atoms with Crippen molar-refractivity contribution in [1.29, 1.82) is 0 Å². The zero-order valence-corrected chi connectivity index (χ0v) is 15.5. The second-order valence-electron chi connectivity index (χ2n) is 6.49. The molecule has 1 amide bonds. The van der Waals surface area contributed by atoms with E-state index in [4.69, 9.17) is 16.3 Å². The SMILES string of the molecule is O=C(O)c1cc(-c2cccc(COc3ccc4c(c3)CNC4=O)c2)ccc1Cl. The van der Waals surface area contributed by atoms with Crippen LogP contribution in [0.5, 0.6) is 5.75 Å². The van der Waals surface area contributed by atoms with Crippen molar-refractivity contribution in [2.24, 2.45) is 0 Å². The Morgan fingerprint density at radius 3 is 2.71 bits per heavy atom. The van der Waals surface area contributed by atoms with Gasteiger partial charge in [0.15, 0.2) is 0 Å². The maximum Gasteiger partial charge on any atom is 0.337 e. The Morgan fingerprint density at radius 1 is 1.07 bits per heavy atom. The predicted molar refractivity (Wildman–Crippen MR) is 106 cm³/mol. The Kier molecular flexibility index (Phi) is 4.75. The number of ether oxygens (including phenoxy) is 1. The fraction of sp³-hybridized carbons (Fsp3) is 0.0909. The molecule has 3 aromatic carbocycles. The first-order valence-corrected chi connectivity index (χ1v) is 9.05. The average molecular weight is 394 g/mol. The van der Waals surface area contributed by atoms with Gasteiger partial charge in [-0.2, -0.15) is 0 Å². The van der Waals surface area contributed by atoms with Gasteiger partial charge in [0.1, 0.15) is 12.4 Å². The molecular weight excluding hydrogens is 378 g/mol. The lowest BCUT2D eigenvalue weighted by Gasteiger charge is -2.10. The van der Waals surface area contributed by atoms with Gasteiger partial charge in [0, 0.05) is 12.1 Å². The van der Waals surface area contributed by atoms with Gasteiger partial charge in [0.25, 0.3) is 5.91 Å². The molecule has 0 atom stereocenters. The van der Waals surface area contributed by atoms with Crippen molar-refractivity contribution < 1.29 is 19.4 Å². The van der Waals surface area contributed by atoms with E-state index in [1.807, 2.05) is 30.3 Å². The third-order valence-electron chi connectivity index (χ3n) is 4.62. The second kappa shape index (κ2) is 7.37. The monoisotopic (exact) mass is 393 g/mol. The Labute approximate surface area is 166 Å².